The van der Waals surface area contributed by atoms with E-state index in [0.717, 1.165) is 15.8 Å². The van der Waals surface area contributed by atoms with E-state index in [1.807, 2.05) is 31.2 Å². The SMILES string of the molecule is CCOc1ccc(N2C(=O)NC(=O)/C(=C\c3cn(CC(=O)N4CCOCC4)c4ccccc34)C2=O)c(OCC)c1. The Hall–Kier alpha value is -4.64. The number of carbonyl (C=O) groups is 4. The van der Waals surface area contributed by atoms with Crippen molar-refractivity contribution in [3.05, 3.63) is 59.8 Å². The molecule has 0 radical (unpaired) electrons. The maximum Gasteiger partial charge on any atom is 0.336 e. The molecule has 3 aromatic rings. The Kier molecular flexibility index (Phi) is 7.83. The Morgan fingerprint density at radius 1 is 1.02 bits per heavy atom. The summed E-state index contributed by atoms with van der Waals surface area (Å²) >= 11 is 0. The van der Waals surface area contributed by atoms with E-state index < -0.39 is 17.8 Å². The molecule has 40 heavy (non-hydrogen) atoms. The van der Waals surface area contributed by atoms with Crippen LogP contribution >= 0.6 is 0 Å². The summed E-state index contributed by atoms with van der Waals surface area (Å²) in [6.45, 7) is 6.50. The maximum atomic E-state index is 13.7. The fourth-order valence-electron chi connectivity index (χ4n) is 4.82. The molecule has 11 nitrogen and oxygen atoms in total. The third kappa shape index (κ3) is 5.28. The number of benzene rings is 2. The average Bonchev–Trinajstić information content (AvgIpc) is 3.29. The van der Waals surface area contributed by atoms with Gasteiger partial charge in [0.25, 0.3) is 11.8 Å². The predicted molar refractivity (Wildman–Crippen MR) is 147 cm³/mol. The van der Waals surface area contributed by atoms with Gasteiger partial charge in [0.15, 0.2) is 0 Å². The molecule has 2 aliphatic rings. The Labute approximate surface area is 230 Å². The highest BCUT2D eigenvalue weighted by Gasteiger charge is 2.38. The van der Waals surface area contributed by atoms with Crippen molar-refractivity contribution in [3.63, 3.8) is 0 Å². The molecule has 2 aliphatic heterocycles. The minimum atomic E-state index is -0.879. The lowest BCUT2D eigenvalue weighted by Crippen LogP contribution is -2.54. The zero-order valence-corrected chi connectivity index (χ0v) is 22.3. The van der Waals surface area contributed by atoms with E-state index in [1.54, 1.807) is 40.8 Å². The van der Waals surface area contributed by atoms with Crippen LogP contribution in [0.3, 0.4) is 0 Å². The number of amides is 5. The van der Waals surface area contributed by atoms with Gasteiger partial charge >= 0.3 is 6.03 Å². The Bertz CT molecular complexity index is 1500. The van der Waals surface area contributed by atoms with E-state index in [9.17, 15) is 19.2 Å². The summed E-state index contributed by atoms with van der Waals surface area (Å²) in [5.74, 6) is -0.864. The normalized spacial score (nSPS) is 16.9. The molecule has 208 valence electrons. The summed E-state index contributed by atoms with van der Waals surface area (Å²) in [5, 5.41) is 3.02. The monoisotopic (exact) mass is 546 g/mol. The second-order valence-electron chi connectivity index (χ2n) is 9.18. The predicted octanol–water partition coefficient (Wildman–Crippen LogP) is 2.96. The number of ether oxygens (including phenoxy) is 3. The quantitative estimate of drug-likeness (QED) is 0.341. The summed E-state index contributed by atoms with van der Waals surface area (Å²) < 4.78 is 18.4. The van der Waals surface area contributed by atoms with Crippen LogP contribution in [0, 0.1) is 0 Å². The topological polar surface area (TPSA) is 119 Å². The number of hydrogen-bond acceptors (Lipinski definition) is 7. The van der Waals surface area contributed by atoms with Crippen molar-refractivity contribution in [1.29, 1.82) is 0 Å². The highest BCUT2D eigenvalue weighted by molar-refractivity contribution is 6.39. The summed E-state index contributed by atoms with van der Waals surface area (Å²) in [6.07, 6.45) is 3.18. The van der Waals surface area contributed by atoms with E-state index in [1.165, 1.54) is 6.08 Å². The fourth-order valence-corrected chi connectivity index (χ4v) is 4.82. The van der Waals surface area contributed by atoms with Crippen molar-refractivity contribution < 1.29 is 33.4 Å². The van der Waals surface area contributed by atoms with Gasteiger partial charge in [-0.1, -0.05) is 18.2 Å². The van der Waals surface area contributed by atoms with Crippen LogP contribution < -0.4 is 19.7 Å². The maximum absolute atomic E-state index is 13.7. The number of morpholine rings is 1. The van der Waals surface area contributed by atoms with E-state index in [4.69, 9.17) is 14.2 Å². The first-order valence-corrected chi connectivity index (χ1v) is 13.2. The van der Waals surface area contributed by atoms with Gasteiger partial charge in [0, 0.05) is 41.8 Å². The van der Waals surface area contributed by atoms with Gasteiger partial charge in [-0.2, -0.15) is 0 Å². The van der Waals surface area contributed by atoms with Crippen LogP contribution in [-0.4, -0.2) is 72.7 Å². The van der Waals surface area contributed by atoms with Gasteiger partial charge in [0.05, 0.1) is 32.1 Å². The molecule has 2 fully saturated rings. The zero-order valence-electron chi connectivity index (χ0n) is 22.3. The average molecular weight is 547 g/mol. The Balaban J connectivity index is 1.51. The number of carbonyl (C=O) groups excluding carboxylic acids is 4. The van der Waals surface area contributed by atoms with Gasteiger partial charge < -0.3 is 23.7 Å². The summed E-state index contributed by atoms with van der Waals surface area (Å²) in [7, 11) is 0. The summed E-state index contributed by atoms with van der Waals surface area (Å²) in [6, 6.07) is 11.3. The molecule has 3 heterocycles. The second kappa shape index (κ2) is 11.6. The van der Waals surface area contributed by atoms with Crippen molar-refractivity contribution >= 4 is 46.4 Å². The molecule has 2 saturated heterocycles. The molecule has 0 saturated carbocycles. The van der Waals surface area contributed by atoms with E-state index >= 15 is 0 Å². The third-order valence-corrected chi connectivity index (χ3v) is 6.67. The highest BCUT2D eigenvalue weighted by atomic mass is 16.5. The van der Waals surface area contributed by atoms with E-state index in [2.05, 4.69) is 5.32 Å². The van der Waals surface area contributed by atoms with Crippen LogP contribution in [-0.2, 0) is 25.7 Å². The molecule has 11 heteroatoms. The van der Waals surface area contributed by atoms with Crippen molar-refractivity contribution in [2.45, 2.75) is 20.4 Å². The van der Waals surface area contributed by atoms with Gasteiger partial charge in [-0.3, -0.25) is 19.7 Å². The molecule has 0 unspecified atom stereocenters. The smallest absolute Gasteiger partial charge is 0.336 e. The number of urea groups is 1. The standard InChI is InChI=1S/C29H30N4O7/c1-3-39-20-9-10-24(25(16-20)40-4-2)33-28(36)22(27(35)30-29(33)37)15-19-17-32(23-8-6-5-7-21(19)23)18-26(34)31-11-13-38-14-12-31/h5-10,15-17H,3-4,11-14,18H2,1-2H3,(H,30,35,37)/b22-15+. The number of anilines is 1. The van der Waals surface area contributed by atoms with Crippen LogP contribution in [0.1, 0.15) is 19.4 Å². The fraction of sp³-hybridized carbons (Fsp3) is 0.310. The molecule has 5 rings (SSSR count). The van der Waals surface area contributed by atoms with Crippen LogP contribution in [0.25, 0.3) is 17.0 Å². The first-order valence-electron chi connectivity index (χ1n) is 13.2. The third-order valence-electron chi connectivity index (χ3n) is 6.67. The molecular weight excluding hydrogens is 516 g/mol. The van der Waals surface area contributed by atoms with Gasteiger partial charge in [-0.05, 0) is 38.1 Å². The first kappa shape index (κ1) is 26.9. The number of aromatic nitrogens is 1. The number of hydrogen-bond donors (Lipinski definition) is 1. The van der Waals surface area contributed by atoms with Crippen LogP contribution in [0.4, 0.5) is 10.5 Å². The Morgan fingerprint density at radius 2 is 1.77 bits per heavy atom. The van der Waals surface area contributed by atoms with Crippen LogP contribution in [0.2, 0.25) is 0 Å². The van der Waals surface area contributed by atoms with E-state index in [-0.39, 0.29) is 36.1 Å². The molecule has 1 N–H and O–H groups in total. The van der Waals surface area contributed by atoms with Crippen molar-refractivity contribution in [1.82, 2.24) is 14.8 Å². The van der Waals surface area contributed by atoms with Gasteiger partial charge in [0.2, 0.25) is 5.91 Å². The molecule has 1 aromatic heterocycles. The molecule has 0 atom stereocenters. The molecule has 0 bridgehead atoms. The first-order chi connectivity index (χ1) is 19.4. The number of rotatable bonds is 8. The van der Waals surface area contributed by atoms with Crippen LogP contribution in [0.15, 0.2) is 54.2 Å². The lowest BCUT2D eigenvalue weighted by atomic mass is 10.1. The molecule has 0 spiro atoms. The molecule has 0 aliphatic carbocycles. The highest BCUT2D eigenvalue weighted by Crippen LogP contribution is 2.35. The van der Waals surface area contributed by atoms with Gasteiger partial charge in [-0.15, -0.1) is 0 Å². The number of nitrogens with zero attached hydrogens (tertiary/aromatic N) is 3. The minimum Gasteiger partial charge on any atom is -0.494 e. The van der Waals surface area contributed by atoms with Gasteiger partial charge in [0.1, 0.15) is 23.6 Å². The summed E-state index contributed by atoms with van der Waals surface area (Å²) in [5.41, 5.74) is 1.30. The Morgan fingerprint density at radius 3 is 2.52 bits per heavy atom. The molecule has 5 amide bonds. The summed E-state index contributed by atoms with van der Waals surface area (Å²) in [4.78, 5) is 55.0. The largest absolute Gasteiger partial charge is 0.494 e. The van der Waals surface area contributed by atoms with Crippen molar-refractivity contribution in [2.75, 3.05) is 44.4 Å². The number of para-hydroxylation sites is 1. The lowest BCUT2D eigenvalue weighted by Gasteiger charge is -2.28. The number of fused-ring (bicyclic) bond motifs is 1. The molecular formula is C29H30N4O7. The zero-order chi connectivity index (χ0) is 28.2. The van der Waals surface area contributed by atoms with E-state index in [0.29, 0.717) is 44.2 Å². The second-order valence-corrected chi connectivity index (χ2v) is 9.18. The van der Waals surface area contributed by atoms with Crippen molar-refractivity contribution in [2.24, 2.45) is 0 Å². The number of imide groups is 2. The molecule has 2 aromatic carbocycles. The van der Waals surface area contributed by atoms with Gasteiger partial charge in [-0.25, -0.2) is 9.69 Å². The number of nitrogens with one attached hydrogen (secondary N) is 1. The minimum absolute atomic E-state index is 0.0505. The van der Waals surface area contributed by atoms with Crippen molar-refractivity contribution in [3.8, 4) is 11.5 Å². The number of barbiturate groups is 1. The van der Waals surface area contributed by atoms with Crippen LogP contribution in [0.5, 0.6) is 11.5 Å². The lowest BCUT2D eigenvalue weighted by molar-refractivity contribution is -0.135.